The summed E-state index contributed by atoms with van der Waals surface area (Å²) in [5, 5.41) is 17.2. The predicted octanol–water partition coefficient (Wildman–Crippen LogP) is 2.09. The first kappa shape index (κ1) is 14.7. The summed E-state index contributed by atoms with van der Waals surface area (Å²) in [7, 11) is 0. The van der Waals surface area contributed by atoms with Gasteiger partial charge in [0.15, 0.2) is 0 Å². The number of nitro benzene ring substituents is 1. The molecule has 6 nitrogen and oxygen atoms in total. The third-order valence-electron chi connectivity index (χ3n) is 2.23. The van der Waals surface area contributed by atoms with Gasteiger partial charge in [0, 0.05) is 12.1 Å². The van der Waals surface area contributed by atoms with Crippen LogP contribution in [0.1, 0.15) is 0 Å². The smallest absolute Gasteiger partial charge is 0.401 e. The average Bonchev–Trinajstić information content (AvgIpc) is 2.27. The first-order chi connectivity index (χ1) is 8.71. The number of ether oxygens (including phenoxy) is 1. The number of rotatable bonds is 5. The van der Waals surface area contributed by atoms with Crippen LogP contribution in [0.15, 0.2) is 24.3 Å². The normalized spacial score (nSPS) is 12.8. The van der Waals surface area contributed by atoms with E-state index in [-0.39, 0.29) is 11.4 Å². The SMILES string of the molecule is N=C(N)C(COc1ccc([N+](=O)[O-])cc1)C(F)(F)F. The Morgan fingerprint density at radius 2 is 1.95 bits per heavy atom. The van der Waals surface area contributed by atoms with E-state index in [1.165, 1.54) is 12.1 Å². The van der Waals surface area contributed by atoms with E-state index in [1.54, 1.807) is 0 Å². The molecule has 9 heteroatoms. The molecule has 0 fully saturated rings. The van der Waals surface area contributed by atoms with Crippen LogP contribution in [0.3, 0.4) is 0 Å². The van der Waals surface area contributed by atoms with Crippen molar-refractivity contribution in [2.75, 3.05) is 6.61 Å². The van der Waals surface area contributed by atoms with Crippen LogP contribution in [-0.4, -0.2) is 23.5 Å². The van der Waals surface area contributed by atoms with Gasteiger partial charge >= 0.3 is 6.18 Å². The number of halogens is 3. The first-order valence-electron chi connectivity index (χ1n) is 4.99. The third-order valence-corrected chi connectivity index (χ3v) is 2.23. The Morgan fingerprint density at radius 1 is 1.42 bits per heavy atom. The summed E-state index contributed by atoms with van der Waals surface area (Å²) in [5.74, 6) is -3.22. The third kappa shape index (κ3) is 4.12. The van der Waals surface area contributed by atoms with Crippen molar-refractivity contribution in [1.29, 1.82) is 5.41 Å². The zero-order chi connectivity index (χ0) is 14.6. The Kier molecular flexibility index (Phi) is 4.30. The number of hydrogen-bond acceptors (Lipinski definition) is 4. The molecule has 3 N–H and O–H groups in total. The summed E-state index contributed by atoms with van der Waals surface area (Å²) in [6.45, 7) is -0.851. The van der Waals surface area contributed by atoms with E-state index in [9.17, 15) is 23.3 Å². The summed E-state index contributed by atoms with van der Waals surface area (Å²) in [5.41, 5.74) is 4.64. The minimum absolute atomic E-state index is 0.0288. The lowest BCUT2D eigenvalue weighted by Gasteiger charge is -2.19. The van der Waals surface area contributed by atoms with Gasteiger partial charge in [-0.1, -0.05) is 0 Å². The maximum Gasteiger partial charge on any atom is 0.401 e. The predicted molar refractivity (Wildman–Crippen MR) is 60.1 cm³/mol. The van der Waals surface area contributed by atoms with Gasteiger partial charge in [0.05, 0.1) is 4.92 Å². The van der Waals surface area contributed by atoms with E-state index >= 15 is 0 Å². The molecule has 0 aromatic heterocycles. The minimum atomic E-state index is -4.67. The van der Waals surface area contributed by atoms with Crippen molar-refractivity contribution < 1.29 is 22.8 Å². The molecule has 0 amide bonds. The molecule has 0 bridgehead atoms. The van der Waals surface area contributed by atoms with Crippen molar-refractivity contribution in [3.63, 3.8) is 0 Å². The van der Waals surface area contributed by atoms with Crippen molar-refractivity contribution in [2.24, 2.45) is 11.7 Å². The highest BCUT2D eigenvalue weighted by Gasteiger charge is 2.42. The van der Waals surface area contributed by atoms with Crippen LogP contribution < -0.4 is 10.5 Å². The number of benzene rings is 1. The largest absolute Gasteiger partial charge is 0.492 e. The van der Waals surface area contributed by atoms with Crippen molar-refractivity contribution in [3.05, 3.63) is 34.4 Å². The Bertz CT molecular complexity index is 473. The summed E-state index contributed by atoms with van der Waals surface area (Å²) in [4.78, 5) is 9.73. The number of nitrogens with one attached hydrogen (secondary N) is 1. The van der Waals surface area contributed by atoms with Crippen LogP contribution in [-0.2, 0) is 0 Å². The fourth-order valence-electron chi connectivity index (χ4n) is 1.20. The van der Waals surface area contributed by atoms with Gasteiger partial charge in [0.2, 0.25) is 0 Å². The molecule has 1 aromatic rings. The monoisotopic (exact) mass is 277 g/mol. The lowest BCUT2D eigenvalue weighted by atomic mass is 10.1. The van der Waals surface area contributed by atoms with E-state index in [4.69, 9.17) is 15.9 Å². The Labute approximate surface area is 105 Å². The number of amidine groups is 1. The number of nitrogens with two attached hydrogens (primary N) is 1. The van der Waals surface area contributed by atoms with E-state index in [0.29, 0.717) is 0 Å². The molecule has 0 spiro atoms. The molecule has 0 aliphatic carbocycles. The molecule has 1 aromatic carbocycles. The standard InChI is InChI=1S/C10H10F3N3O3/c11-10(12,13)8(9(14)15)5-19-7-3-1-6(2-4-7)16(17)18/h1-4,8H,5H2,(H3,14,15). The number of non-ortho nitro benzene ring substituents is 1. The number of hydrogen-bond donors (Lipinski definition) is 2. The van der Waals surface area contributed by atoms with Gasteiger partial charge in [-0.3, -0.25) is 15.5 Å². The number of nitro groups is 1. The number of nitrogens with zero attached hydrogens (tertiary/aromatic N) is 1. The molecular weight excluding hydrogens is 267 g/mol. The maximum absolute atomic E-state index is 12.5. The molecule has 0 radical (unpaired) electrons. The zero-order valence-electron chi connectivity index (χ0n) is 9.48. The second-order valence-corrected chi connectivity index (χ2v) is 3.61. The van der Waals surface area contributed by atoms with Gasteiger partial charge in [-0.05, 0) is 12.1 Å². The van der Waals surface area contributed by atoms with Crippen molar-refractivity contribution in [3.8, 4) is 5.75 Å². The van der Waals surface area contributed by atoms with Gasteiger partial charge in [0.1, 0.15) is 24.1 Å². The van der Waals surface area contributed by atoms with Gasteiger partial charge < -0.3 is 10.5 Å². The Hall–Kier alpha value is -2.32. The van der Waals surface area contributed by atoms with Gasteiger partial charge in [-0.15, -0.1) is 0 Å². The van der Waals surface area contributed by atoms with Crippen molar-refractivity contribution in [2.45, 2.75) is 6.18 Å². The molecule has 1 atom stereocenters. The van der Waals surface area contributed by atoms with Crippen LogP contribution in [0.25, 0.3) is 0 Å². The topological polar surface area (TPSA) is 102 Å². The Morgan fingerprint density at radius 3 is 2.32 bits per heavy atom. The van der Waals surface area contributed by atoms with Crippen LogP contribution >= 0.6 is 0 Å². The molecule has 1 unspecified atom stereocenters. The first-order valence-corrected chi connectivity index (χ1v) is 4.99. The average molecular weight is 277 g/mol. The lowest BCUT2D eigenvalue weighted by molar-refractivity contribution is -0.384. The van der Waals surface area contributed by atoms with Crippen LogP contribution in [0.2, 0.25) is 0 Å². The second-order valence-electron chi connectivity index (χ2n) is 3.61. The highest BCUT2D eigenvalue weighted by atomic mass is 19.4. The minimum Gasteiger partial charge on any atom is -0.492 e. The van der Waals surface area contributed by atoms with Crippen LogP contribution in [0.5, 0.6) is 5.75 Å². The molecule has 0 saturated carbocycles. The highest BCUT2D eigenvalue weighted by molar-refractivity contribution is 5.80. The molecule has 0 aliphatic heterocycles. The van der Waals surface area contributed by atoms with E-state index in [1.807, 2.05) is 0 Å². The molecule has 1 rings (SSSR count). The van der Waals surface area contributed by atoms with Crippen molar-refractivity contribution in [1.82, 2.24) is 0 Å². The van der Waals surface area contributed by atoms with Gasteiger partial charge in [0.25, 0.3) is 5.69 Å². The van der Waals surface area contributed by atoms with Crippen LogP contribution in [0, 0.1) is 21.4 Å². The molecule has 0 saturated heterocycles. The fourth-order valence-corrected chi connectivity index (χ4v) is 1.20. The quantitative estimate of drug-likeness (QED) is 0.372. The fraction of sp³-hybridized carbons (Fsp3) is 0.300. The summed E-state index contributed by atoms with van der Waals surface area (Å²) in [6, 6.07) is 4.55. The van der Waals surface area contributed by atoms with Gasteiger partial charge in [-0.2, -0.15) is 13.2 Å². The molecule has 104 valence electrons. The molecule has 0 heterocycles. The lowest BCUT2D eigenvalue weighted by Crippen LogP contribution is -2.39. The second kappa shape index (κ2) is 5.55. The maximum atomic E-state index is 12.5. The summed E-state index contributed by atoms with van der Waals surface area (Å²) in [6.07, 6.45) is -4.67. The van der Waals surface area contributed by atoms with Crippen molar-refractivity contribution >= 4 is 11.5 Å². The number of alkyl halides is 3. The summed E-state index contributed by atoms with van der Waals surface area (Å²) >= 11 is 0. The van der Waals surface area contributed by atoms with E-state index in [2.05, 4.69) is 0 Å². The van der Waals surface area contributed by atoms with Crippen LogP contribution in [0.4, 0.5) is 18.9 Å². The molecule has 0 aliphatic rings. The molecular formula is C10H10F3N3O3. The molecule has 19 heavy (non-hydrogen) atoms. The summed E-state index contributed by atoms with van der Waals surface area (Å²) < 4.78 is 42.2. The highest BCUT2D eigenvalue weighted by Crippen LogP contribution is 2.27. The zero-order valence-corrected chi connectivity index (χ0v) is 9.48. The van der Waals surface area contributed by atoms with E-state index in [0.717, 1.165) is 12.1 Å². The Balaban J connectivity index is 2.70. The van der Waals surface area contributed by atoms with E-state index < -0.39 is 29.5 Å². The van der Waals surface area contributed by atoms with Gasteiger partial charge in [-0.25, -0.2) is 0 Å².